The average molecular weight is 290 g/mol. The van der Waals surface area contributed by atoms with E-state index >= 15 is 0 Å². The highest BCUT2D eigenvalue weighted by molar-refractivity contribution is 7.10. The van der Waals surface area contributed by atoms with Crippen LogP contribution in [0.5, 0.6) is 11.5 Å². The Bertz CT molecular complexity index is 577. The van der Waals surface area contributed by atoms with Gasteiger partial charge in [-0.15, -0.1) is 11.3 Å². The highest BCUT2D eigenvalue weighted by Crippen LogP contribution is 2.34. The Kier molecular flexibility index (Phi) is 4.45. The lowest BCUT2D eigenvalue weighted by molar-refractivity contribution is -0.112. The minimum atomic E-state index is -0.532. The Morgan fingerprint density at radius 2 is 2.05 bits per heavy atom. The first-order valence-electron chi connectivity index (χ1n) is 6.34. The molecule has 1 aromatic heterocycles. The van der Waals surface area contributed by atoms with E-state index in [1.807, 2.05) is 42.6 Å². The van der Waals surface area contributed by atoms with E-state index in [-0.39, 0.29) is 0 Å². The summed E-state index contributed by atoms with van der Waals surface area (Å²) in [6.45, 7) is 1.95. The summed E-state index contributed by atoms with van der Waals surface area (Å²) in [5.74, 6) is 1.49. The molecule has 0 spiro atoms. The van der Waals surface area contributed by atoms with Crippen LogP contribution in [-0.2, 0) is 16.6 Å². The van der Waals surface area contributed by atoms with Gasteiger partial charge in [-0.05, 0) is 36.4 Å². The predicted molar refractivity (Wildman–Crippen MR) is 81.0 cm³/mol. The normalized spacial score (nSPS) is 13.6. The van der Waals surface area contributed by atoms with E-state index in [2.05, 4.69) is 0 Å². The van der Waals surface area contributed by atoms with Crippen molar-refractivity contribution in [1.82, 2.24) is 0 Å². The van der Waals surface area contributed by atoms with Crippen LogP contribution in [0.15, 0.2) is 35.7 Å². The van der Waals surface area contributed by atoms with Crippen LogP contribution in [0.2, 0.25) is 0 Å². The van der Waals surface area contributed by atoms with E-state index in [9.17, 15) is 4.79 Å². The number of thiophene rings is 1. The van der Waals surface area contributed by atoms with Crippen molar-refractivity contribution in [3.63, 3.8) is 0 Å². The lowest BCUT2D eigenvalue weighted by Gasteiger charge is -2.23. The molecule has 106 valence electrons. The van der Waals surface area contributed by atoms with Crippen molar-refractivity contribution >= 4 is 17.6 Å². The molecule has 20 heavy (non-hydrogen) atoms. The summed E-state index contributed by atoms with van der Waals surface area (Å²) < 4.78 is 10.6. The number of methoxy groups -OCH3 is 2. The molecule has 1 atom stereocenters. The maximum atomic E-state index is 11.6. The molecule has 1 heterocycles. The van der Waals surface area contributed by atoms with Gasteiger partial charge in [-0.2, -0.15) is 0 Å². The van der Waals surface area contributed by atoms with Crippen molar-refractivity contribution < 1.29 is 14.3 Å². The standard InChI is InChI=1S/C16H18O3S/c1-16(11-17,15-5-4-8-20-15)10-12-6-7-13(18-2)9-14(12)19-3/h4-9,11H,10H2,1-3H3. The number of hydrogen-bond acceptors (Lipinski definition) is 4. The van der Waals surface area contributed by atoms with Crippen LogP contribution in [-0.4, -0.2) is 20.5 Å². The molecule has 2 rings (SSSR count). The van der Waals surface area contributed by atoms with E-state index in [1.165, 1.54) is 0 Å². The molecule has 0 amide bonds. The molecular formula is C16H18O3S. The van der Waals surface area contributed by atoms with Crippen molar-refractivity contribution in [3.8, 4) is 11.5 Å². The molecule has 0 saturated carbocycles. The molecule has 4 heteroatoms. The number of carbonyl (C=O) groups is 1. The van der Waals surface area contributed by atoms with Gasteiger partial charge in [0, 0.05) is 10.9 Å². The first kappa shape index (κ1) is 14.6. The van der Waals surface area contributed by atoms with Gasteiger partial charge < -0.3 is 14.3 Å². The van der Waals surface area contributed by atoms with Gasteiger partial charge in [0.15, 0.2) is 0 Å². The maximum absolute atomic E-state index is 11.6. The molecule has 0 aliphatic heterocycles. The molecule has 0 N–H and O–H groups in total. The van der Waals surface area contributed by atoms with Crippen LogP contribution in [0.4, 0.5) is 0 Å². The van der Waals surface area contributed by atoms with Crippen LogP contribution in [0.3, 0.4) is 0 Å². The smallest absolute Gasteiger partial charge is 0.131 e. The second kappa shape index (κ2) is 6.09. The first-order valence-corrected chi connectivity index (χ1v) is 7.22. The highest BCUT2D eigenvalue weighted by Gasteiger charge is 2.29. The Hall–Kier alpha value is -1.81. The number of carbonyl (C=O) groups excluding carboxylic acids is 1. The second-order valence-electron chi connectivity index (χ2n) is 4.87. The van der Waals surface area contributed by atoms with Crippen molar-refractivity contribution in [2.24, 2.45) is 0 Å². The summed E-state index contributed by atoms with van der Waals surface area (Å²) >= 11 is 1.60. The summed E-state index contributed by atoms with van der Waals surface area (Å²) in [6.07, 6.45) is 1.62. The molecule has 1 aromatic carbocycles. The topological polar surface area (TPSA) is 35.5 Å². The first-order chi connectivity index (χ1) is 9.62. The van der Waals surface area contributed by atoms with E-state index in [0.717, 1.165) is 28.2 Å². The molecule has 0 fully saturated rings. The minimum absolute atomic E-state index is 0.532. The number of hydrogen-bond donors (Lipinski definition) is 0. The van der Waals surface area contributed by atoms with Gasteiger partial charge in [0.1, 0.15) is 17.8 Å². The van der Waals surface area contributed by atoms with Crippen LogP contribution in [0.1, 0.15) is 17.4 Å². The van der Waals surface area contributed by atoms with Gasteiger partial charge in [0.2, 0.25) is 0 Å². The van der Waals surface area contributed by atoms with Crippen molar-refractivity contribution in [2.75, 3.05) is 14.2 Å². The Balaban J connectivity index is 2.35. The van der Waals surface area contributed by atoms with Crippen molar-refractivity contribution in [1.29, 1.82) is 0 Å². The molecular weight excluding hydrogens is 272 g/mol. The summed E-state index contributed by atoms with van der Waals surface area (Å²) in [6, 6.07) is 9.64. The highest BCUT2D eigenvalue weighted by atomic mass is 32.1. The Morgan fingerprint density at radius 3 is 2.60 bits per heavy atom. The zero-order valence-electron chi connectivity index (χ0n) is 11.9. The number of rotatable bonds is 6. The summed E-state index contributed by atoms with van der Waals surface area (Å²) in [4.78, 5) is 12.7. The third-order valence-electron chi connectivity index (χ3n) is 3.40. The van der Waals surface area contributed by atoms with Crippen LogP contribution < -0.4 is 9.47 Å². The zero-order valence-corrected chi connectivity index (χ0v) is 12.7. The van der Waals surface area contributed by atoms with Crippen LogP contribution >= 0.6 is 11.3 Å². The fourth-order valence-electron chi connectivity index (χ4n) is 2.18. The molecule has 0 radical (unpaired) electrons. The fourth-order valence-corrected chi connectivity index (χ4v) is 3.03. The van der Waals surface area contributed by atoms with Gasteiger partial charge in [-0.25, -0.2) is 0 Å². The summed E-state index contributed by atoms with van der Waals surface area (Å²) in [5.41, 5.74) is 0.465. The number of aldehydes is 1. The van der Waals surface area contributed by atoms with Gasteiger partial charge in [0.25, 0.3) is 0 Å². The molecule has 1 unspecified atom stereocenters. The predicted octanol–water partition coefficient (Wildman–Crippen LogP) is 3.46. The lowest BCUT2D eigenvalue weighted by Crippen LogP contribution is -2.25. The van der Waals surface area contributed by atoms with Gasteiger partial charge in [-0.1, -0.05) is 12.1 Å². The largest absolute Gasteiger partial charge is 0.497 e. The zero-order chi connectivity index (χ0) is 14.6. The van der Waals surface area contributed by atoms with Crippen LogP contribution in [0, 0.1) is 0 Å². The summed E-state index contributed by atoms with van der Waals surface area (Å²) in [7, 11) is 3.25. The second-order valence-corrected chi connectivity index (χ2v) is 5.81. The lowest BCUT2D eigenvalue weighted by atomic mass is 9.83. The Morgan fingerprint density at radius 1 is 1.25 bits per heavy atom. The maximum Gasteiger partial charge on any atom is 0.131 e. The van der Waals surface area contributed by atoms with E-state index in [4.69, 9.17) is 9.47 Å². The fraction of sp³-hybridized carbons (Fsp3) is 0.312. The monoisotopic (exact) mass is 290 g/mol. The van der Waals surface area contributed by atoms with E-state index in [0.29, 0.717) is 6.42 Å². The molecule has 2 aromatic rings. The minimum Gasteiger partial charge on any atom is -0.497 e. The molecule has 0 saturated heterocycles. The third-order valence-corrected chi connectivity index (χ3v) is 4.55. The molecule has 0 bridgehead atoms. The molecule has 3 nitrogen and oxygen atoms in total. The quantitative estimate of drug-likeness (QED) is 0.764. The Labute approximate surface area is 123 Å². The third kappa shape index (κ3) is 2.85. The molecule has 0 aliphatic carbocycles. The number of ether oxygens (including phenoxy) is 2. The van der Waals surface area contributed by atoms with Gasteiger partial charge in [0.05, 0.1) is 19.6 Å². The summed E-state index contributed by atoms with van der Waals surface area (Å²) in [5, 5.41) is 1.99. The van der Waals surface area contributed by atoms with Crippen LogP contribution in [0.25, 0.3) is 0 Å². The van der Waals surface area contributed by atoms with E-state index in [1.54, 1.807) is 25.6 Å². The number of benzene rings is 1. The van der Waals surface area contributed by atoms with E-state index < -0.39 is 5.41 Å². The SMILES string of the molecule is COc1ccc(CC(C)(C=O)c2cccs2)c(OC)c1. The van der Waals surface area contributed by atoms with Crippen molar-refractivity contribution in [3.05, 3.63) is 46.2 Å². The molecule has 0 aliphatic rings. The van der Waals surface area contributed by atoms with Crippen molar-refractivity contribution in [2.45, 2.75) is 18.8 Å². The van der Waals surface area contributed by atoms with Gasteiger partial charge >= 0.3 is 0 Å². The average Bonchev–Trinajstić information content (AvgIpc) is 3.02. The van der Waals surface area contributed by atoms with Gasteiger partial charge in [-0.3, -0.25) is 0 Å².